The van der Waals surface area contributed by atoms with Gasteiger partial charge in [-0.2, -0.15) is 5.10 Å². The maximum Gasteiger partial charge on any atom is 0.291 e. The summed E-state index contributed by atoms with van der Waals surface area (Å²) in [6, 6.07) is 22.9. The van der Waals surface area contributed by atoms with Crippen LogP contribution >= 0.6 is 0 Å². The Morgan fingerprint density at radius 3 is 1.94 bits per heavy atom. The average Bonchev–Trinajstić information content (AvgIpc) is 2.76. The van der Waals surface area contributed by atoms with Crippen molar-refractivity contribution in [2.24, 2.45) is 5.10 Å². The summed E-state index contributed by atoms with van der Waals surface area (Å²) in [5.74, 6) is -2.04. The first-order chi connectivity index (χ1) is 14.8. The summed E-state index contributed by atoms with van der Waals surface area (Å²) in [6.45, 7) is 1.89. The van der Waals surface area contributed by atoms with E-state index in [0.29, 0.717) is 11.4 Å². The van der Waals surface area contributed by atoms with Gasteiger partial charge in [0.15, 0.2) is 0 Å². The van der Waals surface area contributed by atoms with Gasteiger partial charge in [-0.3, -0.25) is 15.0 Å². The molecule has 0 aromatic heterocycles. The molecule has 0 bridgehead atoms. The molecule has 0 aliphatic heterocycles. The molecule has 2 amide bonds. The molecule has 3 aromatic carbocycles. The third-order valence-corrected chi connectivity index (χ3v) is 5.44. The van der Waals surface area contributed by atoms with Crippen LogP contribution in [0.1, 0.15) is 5.56 Å². The molecule has 8 nitrogen and oxygen atoms in total. The SMILES string of the molecule is Cc1ccc(NC(=O)/C(=N\Nc2ccccc2)C(=O)NS(=O)(=O)c2ccccc2)cc1. The van der Waals surface area contributed by atoms with E-state index in [0.717, 1.165) is 5.56 Å². The van der Waals surface area contributed by atoms with E-state index in [9.17, 15) is 18.0 Å². The van der Waals surface area contributed by atoms with Gasteiger partial charge in [0, 0.05) is 5.69 Å². The second-order valence-corrected chi connectivity index (χ2v) is 8.19. The highest BCUT2D eigenvalue weighted by atomic mass is 32.2. The molecule has 0 aliphatic rings. The minimum atomic E-state index is -4.19. The number of amides is 2. The third kappa shape index (κ3) is 6.00. The van der Waals surface area contributed by atoms with Gasteiger partial charge in [-0.05, 0) is 43.3 Å². The van der Waals surface area contributed by atoms with Crippen LogP contribution in [0.15, 0.2) is 94.9 Å². The standard InChI is InChI=1S/C22H20N4O4S/c1-16-12-14-17(15-13-16)23-21(27)20(25-24-18-8-4-2-5-9-18)22(28)26-31(29,30)19-10-6-3-7-11-19/h2-15,24H,1H3,(H,23,27)(H,26,28)/b25-20+. The lowest BCUT2D eigenvalue weighted by molar-refractivity contribution is -0.115. The summed E-state index contributed by atoms with van der Waals surface area (Å²) in [4.78, 5) is 25.3. The van der Waals surface area contributed by atoms with E-state index in [4.69, 9.17) is 0 Å². The van der Waals surface area contributed by atoms with E-state index < -0.39 is 27.5 Å². The number of carbonyl (C=O) groups is 2. The van der Waals surface area contributed by atoms with Gasteiger partial charge in [0.1, 0.15) is 0 Å². The Balaban J connectivity index is 1.86. The van der Waals surface area contributed by atoms with Gasteiger partial charge in [0.25, 0.3) is 21.8 Å². The zero-order valence-electron chi connectivity index (χ0n) is 16.6. The summed E-state index contributed by atoms with van der Waals surface area (Å²) in [6.07, 6.45) is 0. The molecule has 3 aromatic rings. The number of hydrogen-bond acceptors (Lipinski definition) is 6. The quantitative estimate of drug-likeness (QED) is 0.299. The molecule has 0 aliphatic carbocycles. The second kappa shape index (κ2) is 9.68. The Morgan fingerprint density at radius 2 is 1.32 bits per heavy atom. The van der Waals surface area contributed by atoms with E-state index in [1.165, 1.54) is 24.3 Å². The number of aryl methyl sites for hydroxylation is 1. The molecule has 158 valence electrons. The van der Waals surface area contributed by atoms with Crippen molar-refractivity contribution in [3.8, 4) is 0 Å². The highest BCUT2D eigenvalue weighted by Crippen LogP contribution is 2.11. The zero-order valence-corrected chi connectivity index (χ0v) is 17.4. The minimum absolute atomic E-state index is 0.113. The van der Waals surface area contributed by atoms with Crippen molar-refractivity contribution in [1.29, 1.82) is 0 Å². The monoisotopic (exact) mass is 436 g/mol. The number of sulfonamides is 1. The first-order valence-electron chi connectivity index (χ1n) is 9.24. The summed E-state index contributed by atoms with van der Waals surface area (Å²) >= 11 is 0. The summed E-state index contributed by atoms with van der Waals surface area (Å²) < 4.78 is 26.9. The molecular formula is C22H20N4O4S. The van der Waals surface area contributed by atoms with Crippen LogP contribution in [0.2, 0.25) is 0 Å². The molecule has 0 saturated carbocycles. The Labute approximate surface area is 180 Å². The van der Waals surface area contributed by atoms with E-state index in [2.05, 4.69) is 15.8 Å². The van der Waals surface area contributed by atoms with E-state index in [1.54, 1.807) is 60.7 Å². The summed E-state index contributed by atoms with van der Waals surface area (Å²) in [5, 5.41) is 6.41. The van der Waals surface area contributed by atoms with E-state index >= 15 is 0 Å². The van der Waals surface area contributed by atoms with Crippen LogP contribution in [0.25, 0.3) is 0 Å². The number of carbonyl (C=O) groups excluding carboxylic acids is 2. The molecule has 3 N–H and O–H groups in total. The van der Waals surface area contributed by atoms with Crippen LogP contribution < -0.4 is 15.5 Å². The fourth-order valence-corrected chi connectivity index (χ4v) is 3.47. The Kier molecular flexibility index (Phi) is 6.78. The molecule has 0 spiro atoms. The zero-order chi connectivity index (χ0) is 22.3. The largest absolute Gasteiger partial charge is 0.320 e. The maximum absolute atomic E-state index is 12.7. The molecule has 0 atom stereocenters. The second-order valence-electron chi connectivity index (χ2n) is 6.51. The maximum atomic E-state index is 12.7. The average molecular weight is 436 g/mol. The van der Waals surface area contributed by atoms with Gasteiger partial charge in [0.2, 0.25) is 5.71 Å². The van der Waals surface area contributed by atoms with Crippen LogP contribution in [0.4, 0.5) is 11.4 Å². The van der Waals surface area contributed by atoms with Crippen molar-refractivity contribution in [3.63, 3.8) is 0 Å². The number of anilines is 2. The number of nitrogens with zero attached hydrogens (tertiary/aromatic N) is 1. The predicted octanol–water partition coefficient (Wildman–Crippen LogP) is 2.91. The molecular weight excluding hydrogens is 416 g/mol. The van der Waals surface area contributed by atoms with Crippen molar-refractivity contribution < 1.29 is 18.0 Å². The van der Waals surface area contributed by atoms with Crippen LogP contribution in [0.5, 0.6) is 0 Å². The van der Waals surface area contributed by atoms with E-state index in [1.807, 2.05) is 11.6 Å². The third-order valence-electron chi connectivity index (χ3n) is 4.09. The van der Waals surface area contributed by atoms with Gasteiger partial charge >= 0.3 is 0 Å². The number of para-hydroxylation sites is 1. The van der Waals surface area contributed by atoms with Gasteiger partial charge in [-0.25, -0.2) is 13.1 Å². The number of rotatable bonds is 7. The Bertz CT molecular complexity index is 1190. The predicted molar refractivity (Wildman–Crippen MR) is 119 cm³/mol. The lowest BCUT2D eigenvalue weighted by atomic mass is 10.2. The number of benzene rings is 3. The van der Waals surface area contributed by atoms with E-state index in [-0.39, 0.29) is 4.90 Å². The normalized spacial score (nSPS) is 11.5. The van der Waals surface area contributed by atoms with Gasteiger partial charge in [0.05, 0.1) is 10.6 Å². The van der Waals surface area contributed by atoms with Gasteiger partial charge in [-0.1, -0.05) is 54.1 Å². The highest BCUT2D eigenvalue weighted by molar-refractivity contribution is 7.90. The molecule has 0 fully saturated rings. The van der Waals surface area contributed by atoms with Crippen LogP contribution in [0.3, 0.4) is 0 Å². The van der Waals surface area contributed by atoms with Crippen LogP contribution in [-0.2, 0) is 19.6 Å². The smallest absolute Gasteiger partial charge is 0.291 e. The van der Waals surface area contributed by atoms with Crippen molar-refractivity contribution >= 4 is 38.9 Å². The molecule has 0 heterocycles. The fourth-order valence-electron chi connectivity index (χ4n) is 2.49. The molecule has 3 rings (SSSR count). The molecule has 0 radical (unpaired) electrons. The molecule has 0 saturated heterocycles. The van der Waals surface area contributed by atoms with Gasteiger partial charge < -0.3 is 5.32 Å². The molecule has 0 unspecified atom stereocenters. The minimum Gasteiger partial charge on any atom is -0.320 e. The lowest BCUT2D eigenvalue weighted by Crippen LogP contribution is -2.42. The van der Waals surface area contributed by atoms with Crippen molar-refractivity contribution in [3.05, 3.63) is 90.5 Å². The summed E-state index contributed by atoms with van der Waals surface area (Å²) in [7, 11) is -4.19. The molecule has 31 heavy (non-hydrogen) atoms. The van der Waals surface area contributed by atoms with Crippen LogP contribution in [-0.4, -0.2) is 25.9 Å². The van der Waals surface area contributed by atoms with Crippen molar-refractivity contribution in [2.75, 3.05) is 10.7 Å². The van der Waals surface area contributed by atoms with Crippen molar-refractivity contribution in [2.45, 2.75) is 11.8 Å². The van der Waals surface area contributed by atoms with Crippen molar-refractivity contribution in [1.82, 2.24) is 4.72 Å². The fraction of sp³-hybridized carbons (Fsp3) is 0.0455. The first-order valence-corrected chi connectivity index (χ1v) is 10.7. The Hall–Kier alpha value is -3.98. The highest BCUT2D eigenvalue weighted by Gasteiger charge is 2.26. The number of hydrazone groups is 1. The number of nitrogens with one attached hydrogen (secondary N) is 3. The number of hydrogen-bond donors (Lipinski definition) is 3. The topological polar surface area (TPSA) is 117 Å². The lowest BCUT2D eigenvalue weighted by Gasteiger charge is -2.10. The Morgan fingerprint density at radius 1 is 0.742 bits per heavy atom. The molecule has 9 heteroatoms. The van der Waals surface area contributed by atoms with Crippen LogP contribution in [0, 0.1) is 6.92 Å². The first kappa shape index (κ1) is 21.7. The van der Waals surface area contributed by atoms with Gasteiger partial charge in [-0.15, -0.1) is 0 Å². The summed E-state index contributed by atoms with van der Waals surface area (Å²) in [5.41, 5.74) is 3.89.